The Morgan fingerprint density at radius 1 is 0.789 bits per heavy atom. The third kappa shape index (κ3) is 20.5. The smallest absolute Gasteiger partial charge is 0.326 e. The molecule has 0 aromatic rings. The SMILES string of the molecule is CCCC[N+](C)(CCCC)CCCC.O=P(O)(O)O. The number of hydrogen-bond acceptors (Lipinski definition) is 1. The van der Waals surface area contributed by atoms with Crippen molar-refractivity contribution in [1.29, 1.82) is 0 Å². The van der Waals surface area contributed by atoms with Gasteiger partial charge in [0, 0.05) is 0 Å². The lowest BCUT2D eigenvalue weighted by atomic mass is 10.2. The maximum absolute atomic E-state index is 8.88. The third-order valence-electron chi connectivity index (χ3n) is 3.15. The zero-order valence-electron chi connectivity index (χ0n) is 13.0. The molecule has 0 aliphatic carbocycles. The molecule has 0 bridgehead atoms. The molecule has 0 aliphatic heterocycles. The number of hydrogen-bond donors (Lipinski definition) is 3. The highest BCUT2D eigenvalue weighted by atomic mass is 31.2. The molecule has 0 spiro atoms. The van der Waals surface area contributed by atoms with Gasteiger partial charge in [-0.3, -0.25) is 0 Å². The van der Waals surface area contributed by atoms with Crippen LogP contribution in [-0.2, 0) is 4.57 Å². The van der Waals surface area contributed by atoms with Crippen molar-refractivity contribution in [2.24, 2.45) is 0 Å². The molecule has 5 nitrogen and oxygen atoms in total. The fourth-order valence-corrected chi connectivity index (χ4v) is 1.95. The Balaban J connectivity index is 0. The molecule has 0 aromatic carbocycles. The van der Waals surface area contributed by atoms with E-state index < -0.39 is 7.82 Å². The molecular formula is C13H33NO4P+. The average Bonchev–Trinajstić information content (AvgIpc) is 2.30. The lowest BCUT2D eigenvalue weighted by Crippen LogP contribution is -2.46. The lowest BCUT2D eigenvalue weighted by molar-refractivity contribution is -0.910. The molecule has 118 valence electrons. The second kappa shape index (κ2) is 11.9. The van der Waals surface area contributed by atoms with Crippen LogP contribution in [0.2, 0.25) is 0 Å². The Labute approximate surface area is 118 Å². The van der Waals surface area contributed by atoms with Crippen LogP contribution in [0.3, 0.4) is 0 Å². The van der Waals surface area contributed by atoms with Crippen molar-refractivity contribution in [3.8, 4) is 0 Å². The van der Waals surface area contributed by atoms with Gasteiger partial charge in [-0.15, -0.1) is 0 Å². The quantitative estimate of drug-likeness (QED) is 0.452. The molecule has 0 aromatic heterocycles. The summed E-state index contributed by atoms with van der Waals surface area (Å²) in [5, 5.41) is 0. The van der Waals surface area contributed by atoms with E-state index >= 15 is 0 Å². The van der Waals surface area contributed by atoms with Crippen molar-refractivity contribution in [3.63, 3.8) is 0 Å². The second-order valence-electron chi connectivity index (χ2n) is 5.36. The van der Waals surface area contributed by atoms with E-state index in [1.165, 1.54) is 62.6 Å². The normalized spacial score (nSPS) is 11.9. The van der Waals surface area contributed by atoms with Gasteiger partial charge in [-0.25, -0.2) is 4.57 Å². The molecule has 0 radical (unpaired) electrons. The third-order valence-corrected chi connectivity index (χ3v) is 3.15. The Bertz CT molecular complexity index is 213. The zero-order chi connectivity index (χ0) is 15.4. The van der Waals surface area contributed by atoms with Gasteiger partial charge in [-0.1, -0.05) is 40.0 Å². The van der Waals surface area contributed by atoms with E-state index in [2.05, 4.69) is 27.8 Å². The minimum atomic E-state index is -4.64. The van der Waals surface area contributed by atoms with Crippen molar-refractivity contribution in [1.82, 2.24) is 0 Å². The van der Waals surface area contributed by atoms with Gasteiger partial charge in [0.1, 0.15) is 0 Å². The monoisotopic (exact) mass is 298 g/mol. The van der Waals surface area contributed by atoms with Crippen LogP contribution in [0, 0.1) is 0 Å². The molecule has 6 heteroatoms. The van der Waals surface area contributed by atoms with Gasteiger partial charge in [0.05, 0.1) is 26.7 Å². The molecule has 0 rings (SSSR count). The second-order valence-corrected chi connectivity index (χ2v) is 6.39. The van der Waals surface area contributed by atoms with Gasteiger partial charge in [0.25, 0.3) is 0 Å². The fraction of sp³-hybridized carbons (Fsp3) is 1.00. The molecular weight excluding hydrogens is 265 g/mol. The molecule has 3 N–H and O–H groups in total. The van der Waals surface area contributed by atoms with Crippen LogP contribution in [0.25, 0.3) is 0 Å². The number of rotatable bonds is 9. The van der Waals surface area contributed by atoms with E-state index in [0.29, 0.717) is 0 Å². The maximum Gasteiger partial charge on any atom is 0.466 e. The summed E-state index contributed by atoms with van der Waals surface area (Å²) in [4.78, 5) is 21.6. The summed E-state index contributed by atoms with van der Waals surface area (Å²) in [6, 6.07) is 0. The largest absolute Gasteiger partial charge is 0.466 e. The number of phosphoric acid groups is 1. The van der Waals surface area contributed by atoms with E-state index in [0.717, 1.165) is 0 Å². The summed E-state index contributed by atoms with van der Waals surface area (Å²) < 4.78 is 10.2. The van der Waals surface area contributed by atoms with E-state index in [-0.39, 0.29) is 0 Å². The molecule has 0 atom stereocenters. The Morgan fingerprint density at radius 2 is 1.00 bits per heavy atom. The van der Waals surface area contributed by atoms with Crippen molar-refractivity contribution in [2.45, 2.75) is 59.3 Å². The highest BCUT2D eigenvalue weighted by Crippen LogP contribution is 2.25. The Kier molecular flexibility index (Phi) is 13.3. The summed E-state index contributed by atoms with van der Waals surface area (Å²) in [6.45, 7) is 11.0. The minimum absolute atomic E-state index is 1.32. The predicted octanol–water partition coefficient (Wildman–Crippen LogP) is 2.90. The Morgan fingerprint density at radius 3 is 1.16 bits per heavy atom. The van der Waals surface area contributed by atoms with E-state index in [1.807, 2.05) is 0 Å². The fourth-order valence-electron chi connectivity index (χ4n) is 1.95. The maximum atomic E-state index is 8.88. The molecule has 19 heavy (non-hydrogen) atoms. The minimum Gasteiger partial charge on any atom is -0.326 e. The lowest BCUT2D eigenvalue weighted by Gasteiger charge is -2.34. The first kappa shape index (κ1) is 21.4. The van der Waals surface area contributed by atoms with Crippen molar-refractivity contribution in [3.05, 3.63) is 0 Å². The summed E-state index contributed by atoms with van der Waals surface area (Å²) in [5.74, 6) is 0. The van der Waals surface area contributed by atoms with Gasteiger partial charge in [0.15, 0.2) is 0 Å². The molecule has 0 saturated heterocycles. The zero-order valence-corrected chi connectivity index (χ0v) is 13.9. The van der Waals surface area contributed by atoms with E-state index in [9.17, 15) is 0 Å². The van der Waals surface area contributed by atoms with Crippen molar-refractivity contribution >= 4 is 7.82 Å². The molecule has 0 aliphatic rings. The molecule has 0 saturated carbocycles. The topological polar surface area (TPSA) is 77.8 Å². The number of quaternary nitrogens is 1. The standard InChI is InChI=1S/C13H30N.H3O4P/c1-5-8-11-14(4,12-9-6-2)13-10-7-3;1-5(2,3)4/h5-13H2,1-4H3;(H3,1,2,3,4)/q+1;. The molecule has 0 amide bonds. The van der Waals surface area contributed by atoms with Gasteiger partial charge in [-0.05, 0) is 19.3 Å². The first-order chi connectivity index (χ1) is 8.68. The molecule has 0 heterocycles. The van der Waals surface area contributed by atoms with E-state index in [1.54, 1.807) is 0 Å². The predicted molar refractivity (Wildman–Crippen MR) is 79.8 cm³/mol. The van der Waals surface area contributed by atoms with Gasteiger partial charge in [0.2, 0.25) is 0 Å². The average molecular weight is 298 g/mol. The number of unbranched alkanes of at least 4 members (excludes halogenated alkanes) is 3. The van der Waals surface area contributed by atoms with E-state index in [4.69, 9.17) is 19.2 Å². The first-order valence-corrected chi connectivity index (χ1v) is 8.86. The van der Waals surface area contributed by atoms with Gasteiger partial charge < -0.3 is 19.2 Å². The van der Waals surface area contributed by atoms with Crippen LogP contribution in [0.1, 0.15) is 59.3 Å². The number of nitrogens with zero attached hydrogens (tertiary/aromatic N) is 1. The molecule has 0 unspecified atom stereocenters. The van der Waals surface area contributed by atoms with Crippen LogP contribution in [0.4, 0.5) is 0 Å². The van der Waals surface area contributed by atoms with Gasteiger partial charge in [-0.2, -0.15) is 0 Å². The summed E-state index contributed by atoms with van der Waals surface area (Å²) in [5.41, 5.74) is 0. The van der Waals surface area contributed by atoms with Crippen molar-refractivity contribution < 1.29 is 23.7 Å². The van der Waals surface area contributed by atoms with Gasteiger partial charge >= 0.3 is 7.82 Å². The van der Waals surface area contributed by atoms with Crippen LogP contribution >= 0.6 is 7.82 Å². The highest BCUT2D eigenvalue weighted by Gasteiger charge is 2.18. The van der Waals surface area contributed by atoms with Crippen LogP contribution < -0.4 is 0 Å². The van der Waals surface area contributed by atoms with Crippen molar-refractivity contribution in [2.75, 3.05) is 26.7 Å². The first-order valence-electron chi connectivity index (χ1n) is 7.30. The summed E-state index contributed by atoms with van der Waals surface area (Å²) in [6.07, 6.45) is 8.20. The van der Waals surface area contributed by atoms with Crippen LogP contribution in [0.5, 0.6) is 0 Å². The van der Waals surface area contributed by atoms with Crippen LogP contribution in [-0.4, -0.2) is 45.8 Å². The highest BCUT2D eigenvalue weighted by molar-refractivity contribution is 7.45. The molecule has 0 fully saturated rings. The summed E-state index contributed by atoms with van der Waals surface area (Å²) >= 11 is 0. The summed E-state index contributed by atoms with van der Waals surface area (Å²) in [7, 11) is -2.19. The Hall–Kier alpha value is 0.0700. The van der Waals surface area contributed by atoms with Crippen LogP contribution in [0.15, 0.2) is 0 Å².